The summed E-state index contributed by atoms with van der Waals surface area (Å²) in [7, 11) is 0. The number of hydrogen-bond donors (Lipinski definition) is 1. The van der Waals surface area contributed by atoms with Crippen molar-refractivity contribution in [3.8, 4) is 0 Å². The van der Waals surface area contributed by atoms with E-state index in [-0.39, 0.29) is 6.08 Å². The normalized spacial score (nSPS) is 29.2. The Morgan fingerprint density at radius 3 is 2.58 bits per heavy atom. The zero-order chi connectivity index (χ0) is 9.35. The maximum atomic E-state index is 13.0. The number of carboxylic acid groups (broad SMARTS) is 1. The highest BCUT2D eigenvalue weighted by Gasteiger charge is 2.40. The van der Waals surface area contributed by atoms with Crippen LogP contribution in [-0.2, 0) is 4.79 Å². The molecule has 0 heterocycles. The molecule has 1 aliphatic carbocycles. The summed E-state index contributed by atoms with van der Waals surface area (Å²) in [4.78, 5) is 10.2. The number of aliphatic carboxylic acids is 1. The van der Waals surface area contributed by atoms with Crippen molar-refractivity contribution in [3.05, 3.63) is 23.8 Å². The fraction of sp³-hybridized carbons (Fsp3) is 0.286. The molecule has 0 aliphatic heterocycles. The van der Waals surface area contributed by atoms with Gasteiger partial charge >= 0.3 is 5.97 Å². The molecule has 0 amide bonds. The highest BCUT2D eigenvalue weighted by atomic mass is 19.2. The maximum Gasteiger partial charge on any atom is 0.346 e. The molecule has 1 aliphatic rings. The zero-order valence-corrected chi connectivity index (χ0v) is 5.85. The van der Waals surface area contributed by atoms with Crippen LogP contribution in [0.4, 0.5) is 13.2 Å². The van der Waals surface area contributed by atoms with Gasteiger partial charge in [0.1, 0.15) is 11.7 Å². The first-order valence-corrected chi connectivity index (χ1v) is 3.11. The van der Waals surface area contributed by atoms with E-state index >= 15 is 0 Å². The lowest BCUT2D eigenvalue weighted by atomic mass is 9.96. The highest BCUT2D eigenvalue weighted by Crippen LogP contribution is 2.31. The summed E-state index contributed by atoms with van der Waals surface area (Å²) in [5.74, 6) is -4.20. The van der Waals surface area contributed by atoms with Gasteiger partial charge in [-0.3, -0.25) is 0 Å². The van der Waals surface area contributed by atoms with Crippen molar-refractivity contribution in [2.75, 3.05) is 0 Å². The second kappa shape index (κ2) is 2.66. The molecule has 1 unspecified atom stereocenters. The molecule has 0 radical (unpaired) electrons. The molecular weight excluding hydrogens is 173 g/mol. The number of allylic oxidation sites excluding steroid dienone is 3. The van der Waals surface area contributed by atoms with Crippen molar-refractivity contribution in [1.82, 2.24) is 0 Å². The summed E-state index contributed by atoms with van der Waals surface area (Å²) in [6.07, 6.45) is -0.241. The minimum absolute atomic E-state index is 0.248. The van der Waals surface area contributed by atoms with Crippen molar-refractivity contribution < 1.29 is 23.1 Å². The van der Waals surface area contributed by atoms with Gasteiger partial charge < -0.3 is 5.11 Å². The van der Waals surface area contributed by atoms with E-state index in [1.807, 2.05) is 0 Å². The predicted octanol–water partition coefficient (Wildman–Crippen LogP) is 1.89. The number of rotatable bonds is 1. The lowest BCUT2D eigenvalue weighted by Gasteiger charge is -2.18. The Balaban J connectivity index is 3.00. The Labute approximate surface area is 66.0 Å². The molecule has 0 fully saturated rings. The van der Waals surface area contributed by atoms with Crippen LogP contribution < -0.4 is 0 Å². The van der Waals surface area contributed by atoms with E-state index in [1.165, 1.54) is 0 Å². The third-order valence-corrected chi connectivity index (χ3v) is 1.44. The van der Waals surface area contributed by atoms with Gasteiger partial charge in [0.15, 0.2) is 0 Å². The SMILES string of the molecule is O=C(O)C1(F)C=C(F)C=C(F)C1. The predicted molar refractivity (Wildman–Crippen MR) is 34.5 cm³/mol. The molecular formula is C7H5F3O2. The monoisotopic (exact) mass is 178 g/mol. The van der Waals surface area contributed by atoms with Crippen LogP contribution in [0.5, 0.6) is 0 Å². The minimum Gasteiger partial charge on any atom is -0.479 e. The van der Waals surface area contributed by atoms with Crippen LogP contribution in [0.2, 0.25) is 0 Å². The van der Waals surface area contributed by atoms with E-state index in [9.17, 15) is 18.0 Å². The summed E-state index contributed by atoms with van der Waals surface area (Å²) >= 11 is 0. The fourth-order valence-electron chi connectivity index (χ4n) is 0.895. The van der Waals surface area contributed by atoms with Crippen LogP contribution in [0.15, 0.2) is 23.8 Å². The Kier molecular flexibility index (Phi) is 1.95. The summed E-state index contributed by atoms with van der Waals surface area (Å²) in [5, 5.41) is 8.25. The molecule has 66 valence electrons. The molecule has 0 saturated heterocycles. The third kappa shape index (κ3) is 1.49. The number of carboxylic acids is 1. The van der Waals surface area contributed by atoms with Gasteiger partial charge in [0.2, 0.25) is 5.67 Å². The van der Waals surface area contributed by atoms with Crippen LogP contribution in [0, 0.1) is 0 Å². The van der Waals surface area contributed by atoms with Gasteiger partial charge in [-0.15, -0.1) is 0 Å². The average Bonchev–Trinajstić information content (AvgIpc) is 1.82. The average molecular weight is 178 g/mol. The molecule has 0 aromatic carbocycles. The molecule has 0 aromatic rings. The molecule has 12 heavy (non-hydrogen) atoms. The molecule has 5 heteroatoms. The van der Waals surface area contributed by atoms with Crippen LogP contribution in [0.1, 0.15) is 6.42 Å². The van der Waals surface area contributed by atoms with Crippen LogP contribution in [0.3, 0.4) is 0 Å². The van der Waals surface area contributed by atoms with Gasteiger partial charge in [-0.05, 0) is 0 Å². The first-order chi connectivity index (χ1) is 5.44. The lowest BCUT2D eigenvalue weighted by Crippen LogP contribution is -2.33. The van der Waals surface area contributed by atoms with Crippen molar-refractivity contribution in [2.24, 2.45) is 0 Å². The first-order valence-electron chi connectivity index (χ1n) is 3.11. The topological polar surface area (TPSA) is 37.3 Å². The Bertz CT molecular complexity index is 282. The minimum atomic E-state index is -2.94. The Morgan fingerprint density at radius 2 is 2.17 bits per heavy atom. The van der Waals surface area contributed by atoms with Gasteiger partial charge in [-0.1, -0.05) is 0 Å². The van der Waals surface area contributed by atoms with E-state index in [2.05, 4.69) is 0 Å². The Hall–Kier alpha value is -1.26. The van der Waals surface area contributed by atoms with Crippen molar-refractivity contribution >= 4 is 5.97 Å². The summed E-state index contributed by atoms with van der Waals surface area (Å²) in [5.41, 5.74) is -2.94. The van der Waals surface area contributed by atoms with Crippen molar-refractivity contribution in [2.45, 2.75) is 12.1 Å². The van der Waals surface area contributed by atoms with E-state index < -0.39 is 29.7 Å². The second-order valence-electron chi connectivity index (χ2n) is 2.46. The van der Waals surface area contributed by atoms with Gasteiger partial charge in [-0.2, -0.15) is 0 Å². The van der Waals surface area contributed by atoms with Gasteiger partial charge in [0, 0.05) is 18.6 Å². The zero-order valence-electron chi connectivity index (χ0n) is 5.85. The molecule has 0 saturated carbocycles. The molecule has 2 nitrogen and oxygen atoms in total. The summed E-state index contributed by atoms with van der Waals surface area (Å²) < 4.78 is 37.7. The van der Waals surface area contributed by atoms with Crippen LogP contribution in [0.25, 0.3) is 0 Å². The maximum absolute atomic E-state index is 13.0. The Morgan fingerprint density at radius 1 is 1.58 bits per heavy atom. The number of hydrogen-bond acceptors (Lipinski definition) is 1. The summed E-state index contributed by atoms with van der Waals surface area (Å²) in [6, 6.07) is 0. The second-order valence-corrected chi connectivity index (χ2v) is 2.46. The van der Waals surface area contributed by atoms with Crippen LogP contribution >= 0.6 is 0 Å². The van der Waals surface area contributed by atoms with Crippen molar-refractivity contribution in [3.63, 3.8) is 0 Å². The van der Waals surface area contributed by atoms with Gasteiger partial charge in [0.05, 0.1) is 0 Å². The molecule has 1 N–H and O–H groups in total. The molecule has 0 aromatic heterocycles. The largest absolute Gasteiger partial charge is 0.479 e. The fourth-order valence-corrected chi connectivity index (χ4v) is 0.895. The quantitative estimate of drug-likeness (QED) is 0.665. The van der Waals surface area contributed by atoms with E-state index in [0.717, 1.165) is 0 Å². The number of alkyl halides is 1. The molecule has 1 atom stereocenters. The molecule has 1 rings (SSSR count). The first kappa shape index (κ1) is 8.83. The number of carbonyl (C=O) groups is 1. The van der Waals surface area contributed by atoms with E-state index in [0.29, 0.717) is 6.08 Å². The van der Waals surface area contributed by atoms with Gasteiger partial charge in [0.25, 0.3) is 0 Å². The third-order valence-electron chi connectivity index (χ3n) is 1.44. The van der Waals surface area contributed by atoms with Gasteiger partial charge in [-0.25, -0.2) is 18.0 Å². The standard InChI is InChI=1S/C7H5F3O2/c8-4-1-5(9)3-7(10,2-4)6(11)12/h1-2H,3H2,(H,11,12). The summed E-state index contributed by atoms with van der Waals surface area (Å²) in [6.45, 7) is 0. The van der Waals surface area contributed by atoms with Crippen LogP contribution in [-0.4, -0.2) is 16.7 Å². The van der Waals surface area contributed by atoms with E-state index in [4.69, 9.17) is 5.11 Å². The van der Waals surface area contributed by atoms with Crippen molar-refractivity contribution in [1.29, 1.82) is 0 Å². The molecule has 0 spiro atoms. The lowest BCUT2D eigenvalue weighted by molar-refractivity contribution is -0.147. The molecule has 0 bridgehead atoms. The van der Waals surface area contributed by atoms with E-state index in [1.54, 1.807) is 0 Å². The highest BCUT2D eigenvalue weighted by molar-refractivity contribution is 5.81. The smallest absolute Gasteiger partial charge is 0.346 e. The number of halogens is 3.